The lowest BCUT2D eigenvalue weighted by atomic mass is 10.0. The zero-order chi connectivity index (χ0) is 11.4. The molecule has 0 saturated carbocycles. The first-order valence-electron chi connectivity index (χ1n) is 5.68. The number of hydrogen-bond acceptors (Lipinski definition) is 3. The Hall–Kier alpha value is -1.52. The first-order valence-corrected chi connectivity index (χ1v) is 5.68. The summed E-state index contributed by atoms with van der Waals surface area (Å²) in [5, 5.41) is 6.58. The first-order chi connectivity index (χ1) is 7.75. The van der Waals surface area contributed by atoms with Crippen molar-refractivity contribution in [2.45, 2.75) is 26.3 Å². The molecule has 0 aromatic carbocycles. The molecule has 1 aliphatic heterocycles. The zero-order valence-electron chi connectivity index (χ0n) is 9.48. The van der Waals surface area contributed by atoms with Gasteiger partial charge in [0, 0.05) is 19.2 Å². The average molecular weight is 223 g/mol. The van der Waals surface area contributed by atoms with Crippen LogP contribution >= 0.6 is 0 Å². The summed E-state index contributed by atoms with van der Waals surface area (Å²) in [5.41, 5.74) is 0.749. The van der Waals surface area contributed by atoms with E-state index < -0.39 is 0 Å². The van der Waals surface area contributed by atoms with Crippen molar-refractivity contribution >= 4 is 6.03 Å². The van der Waals surface area contributed by atoms with Crippen molar-refractivity contribution in [2.75, 3.05) is 13.1 Å². The molecule has 1 saturated heterocycles. The van der Waals surface area contributed by atoms with Gasteiger partial charge in [0.15, 0.2) is 0 Å². The third-order valence-corrected chi connectivity index (χ3v) is 2.86. The van der Waals surface area contributed by atoms with E-state index in [-0.39, 0.29) is 6.03 Å². The van der Waals surface area contributed by atoms with Crippen molar-refractivity contribution in [2.24, 2.45) is 5.92 Å². The predicted molar refractivity (Wildman–Crippen MR) is 58.7 cm³/mol. The minimum Gasteiger partial charge on any atom is -0.364 e. The van der Waals surface area contributed by atoms with E-state index in [0.29, 0.717) is 12.5 Å². The van der Waals surface area contributed by atoms with Crippen molar-refractivity contribution in [1.82, 2.24) is 15.4 Å². The van der Waals surface area contributed by atoms with Gasteiger partial charge in [0.1, 0.15) is 12.0 Å². The highest BCUT2D eigenvalue weighted by atomic mass is 16.5. The Morgan fingerprint density at radius 2 is 2.62 bits per heavy atom. The molecule has 1 atom stereocenters. The monoisotopic (exact) mass is 223 g/mol. The van der Waals surface area contributed by atoms with Crippen LogP contribution in [0.3, 0.4) is 0 Å². The Bertz CT molecular complexity index is 337. The quantitative estimate of drug-likeness (QED) is 0.828. The van der Waals surface area contributed by atoms with Crippen molar-refractivity contribution in [3.05, 3.63) is 18.0 Å². The van der Waals surface area contributed by atoms with Crippen LogP contribution in [0.2, 0.25) is 0 Å². The fourth-order valence-corrected chi connectivity index (χ4v) is 1.98. The second-order valence-corrected chi connectivity index (χ2v) is 4.34. The van der Waals surface area contributed by atoms with E-state index in [4.69, 9.17) is 4.52 Å². The number of rotatable bonds is 2. The van der Waals surface area contributed by atoms with E-state index in [2.05, 4.69) is 17.4 Å². The molecule has 16 heavy (non-hydrogen) atoms. The molecule has 2 amide bonds. The first kappa shape index (κ1) is 11.0. The van der Waals surface area contributed by atoms with Crippen LogP contribution in [0.15, 0.2) is 16.9 Å². The number of carbonyl (C=O) groups excluding carboxylic acids is 1. The number of nitrogens with zero attached hydrogens (tertiary/aromatic N) is 2. The maximum Gasteiger partial charge on any atom is 0.317 e. The lowest BCUT2D eigenvalue weighted by Crippen LogP contribution is -2.44. The van der Waals surface area contributed by atoms with Crippen LogP contribution in [0.25, 0.3) is 0 Å². The van der Waals surface area contributed by atoms with Crippen LogP contribution in [-0.2, 0) is 6.54 Å². The number of aromatic nitrogens is 1. The Balaban J connectivity index is 1.79. The molecule has 0 bridgehead atoms. The molecule has 0 spiro atoms. The van der Waals surface area contributed by atoms with Crippen LogP contribution in [0.5, 0.6) is 0 Å². The fourth-order valence-electron chi connectivity index (χ4n) is 1.98. The van der Waals surface area contributed by atoms with Crippen molar-refractivity contribution in [1.29, 1.82) is 0 Å². The topological polar surface area (TPSA) is 58.4 Å². The number of urea groups is 1. The van der Waals surface area contributed by atoms with Crippen molar-refractivity contribution in [3.8, 4) is 0 Å². The Labute approximate surface area is 94.8 Å². The lowest BCUT2D eigenvalue weighted by molar-refractivity contribution is 0.169. The number of piperidine rings is 1. The predicted octanol–water partition coefficient (Wildman–Crippen LogP) is 1.62. The van der Waals surface area contributed by atoms with Gasteiger partial charge in [0.25, 0.3) is 0 Å². The van der Waals surface area contributed by atoms with Gasteiger partial charge in [-0.1, -0.05) is 12.1 Å². The van der Waals surface area contributed by atoms with Gasteiger partial charge in [-0.2, -0.15) is 0 Å². The Morgan fingerprint density at radius 3 is 3.31 bits per heavy atom. The van der Waals surface area contributed by atoms with E-state index >= 15 is 0 Å². The minimum atomic E-state index is -0.00505. The van der Waals surface area contributed by atoms with Gasteiger partial charge in [0.2, 0.25) is 0 Å². The summed E-state index contributed by atoms with van der Waals surface area (Å²) in [6, 6.07) is 1.74. The number of carbonyl (C=O) groups is 1. The van der Waals surface area contributed by atoms with Crippen molar-refractivity contribution in [3.63, 3.8) is 0 Å². The van der Waals surface area contributed by atoms with E-state index in [1.807, 2.05) is 4.90 Å². The van der Waals surface area contributed by atoms with Gasteiger partial charge < -0.3 is 14.7 Å². The highest BCUT2D eigenvalue weighted by molar-refractivity contribution is 5.74. The molecule has 1 aliphatic rings. The molecule has 88 valence electrons. The van der Waals surface area contributed by atoms with Gasteiger partial charge in [-0.25, -0.2) is 4.79 Å². The normalized spacial score (nSPS) is 20.8. The Morgan fingerprint density at radius 1 is 1.75 bits per heavy atom. The molecular formula is C11H17N3O2. The summed E-state index contributed by atoms with van der Waals surface area (Å²) in [6.45, 7) is 4.32. The van der Waals surface area contributed by atoms with Gasteiger partial charge in [-0.3, -0.25) is 0 Å². The molecule has 2 heterocycles. The largest absolute Gasteiger partial charge is 0.364 e. The number of amides is 2. The zero-order valence-corrected chi connectivity index (χ0v) is 9.48. The van der Waals surface area contributed by atoms with Crippen LogP contribution in [0.1, 0.15) is 25.5 Å². The van der Waals surface area contributed by atoms with Crippen molar-refractivity contribution < 1.29 is 9.32 Å². The number of hydrogen-bond donors (Lipinski definition) is 1. The molecule has 1 N–H and O–H groups in total. The van der Waals surface area contributed by atoms with E-state index in [1.54, 1.807) is 6.07 Å². The molecule has 0 aliphatic carbocycles. The summed E-state index contributed by atoms with van der Waals surface area (Å²) in [5.74, 6) is 0.603. The molecular weight excluding hydrogens is 206 g/mol. The number of nitrogens with one attached hydrogen (secondary N) is 1. The SMILES string of the molecule is CC1CCCN(C(=O)NCc2ccon2)C1. The molecule has 0 radical (unpaired) electrons. The van der Waals surface area contributed by atoms with Crippen LogP contribution < -0.4 is 5.32 Å². The fraction of sp³-hybridized carbons (Fsp3) is 0.636. The molecule has 1 aromatic rings. The standard InChI is InChI=1S/C11H17N3O2/c1-9-3-2-5-14(8-9)11(15)12-7-10-4-6-16-13-10/h4,6,9H,2-3,5,7-8H2,1H3,(H,12,15). The Kier molecular flexibility index (Phi) is 3.44. The van der Waals surface area contributed by atoms with Crippen LogP contribution in [-0.4, -0.2) is 29.2 Å². The van der Waals surface area contributed by atoms with Gasteiger partial charge in [-0.15, -0.1) is 0 Å². The molecule has 2 rings (SSSR count). The summed E-state index contributed by atoms with van der Waals surface area (Å²) in [6.07, 6.45) is 3.82. The molecule has 5 nitrogen and oxygen atoms in total. The van der Waals surface area contributed by atoms with E-state index in [9.17, 15) is 4.79 Å². The van der Waals surface area contributed by atoms with Crippen LogP contribution in [0.4, 0.5) is 4.79 Å². The average Bonchev–Trinajstić information content (AvgIpc) is 2.78. The van der Waals surface area contributed by atoms with Gasteiger partial charge in [0.05, 0.1) is 6.54 Å². The molecule has 1 aromatic heterocycles. The third kappa shape index (κ3) is 2.74. The molecule has 1 unspecified atom stereocenters. The van der Waals surface area contributed by atoms with E-state index in [1.165, 1.54) is 12.7 Å². The maximum absolute atomic E-state index is 11.8. The lowest BCUT2D eigenvalue weighted by Gasteiger charge is -2.30. The highest BCUT2D eigenvalue weighted by Gasteiger charge is 2.20. The minimum absolute atomic E-state index is 0.00505. The summed E-state index contributed by atoms with van der Waals surface area (Å²) >= 11 is 0. The summed E-state index contributed by atoms with van der Waals surface area (Å²) in [7, 11) is 0. The summed E-state index contributed by atoms with van der Waals surface area (Å²) < 4.78 is 4.69. The molecule has 5 heteroatoms. The number of likely N-dealkylation sites (tertiary alicyclic amines) is 1. The second-order valence-electron chi connectivity index (χ2n) is 4.34. The summed E-state index contributed by atoms with van der Waals surface area (Å²) in [4.78, 5) is 13.7. The van der Waals surface area contributed by atoms with Crippen LogP contribution in [0, 0.1) is 5.92 Å². The molecule has 1 fully saturated rings. The smallest absolute Gasteiger partial charge is 0.317 e. The highest BCUT2D eigenvalue weighted by Crippen LogP contribution is 2.15. The van der Waals surface area contributed by atoms with Gasteiger partial charge >= 0.3 is 6.03 Å². The maximum atomic E-state index is 11.8. The third-order valence-electron chi connectivity index (χ3n) is 2.86. The van der Waals surface area contributed by atoms with E-state index in [0.717, 1.165) is 25.2 Å². The van der Waals surface area contributed by atoms with Gasteiger partial charge in [-0.05, 0) is 18.8 Å². The second kappa shape index (κ2) is 5.01.